The van der Waals surface area contributed by atoms with Crippen molar-refractivity contribution in [2.24, 2.45) is 5.92 Å². The van der Waals surface area contributed by atoms with Crippen molar-refractivity contribution in [2.75, 3.05) is 19.7 Å². The van der Waals surface area contributed by atoms with E-state index in [1.807, 2.05) is 26.0 Å². The molecule has 2 aromatic rings. The van der Waals surface area contributed by atoms with E-state index >= 15 is 0 Å². The summed E-state index contributed by atoms with van der Waals surface area (Å²) >= 11 is 0. The van der Waals surface area contributed by atoms with Crippen LogP contribution in [-0.4, -0.2) is 35.8 Å². The van der Waals surface area contributed by atoms with Gasteiger partial charge in [0.1, 0.15) is 18.1 Å². The van der Waals surface area contributed by atoms with Crippen molar-refractivity contribution in [3.8, 4) is 16.9 Å². The van der Waals surface area contributed by atoms with Crippen molar-refractivity contribution in [3.63, 3.8) is 0 Å². The van der Waals surface area contributed by atoms with E-state index in [0.717, 1.165) is 40.9 Å². The Morgan fingerprint density at radius 2 is 2.00 bits per heavy atom. The van der Waals surface area contributed by atoms with Crippen LogP contribution in [0.4, 0.5) is 0 Å². The fourth-order valence-electron chi connectivity index (χ4n) is 3.04. The van der Waals surface area contributed by atoms with Crippen LogP contribution in [0.1, 0.15) is 24.3 Å². The van der Waals surface area contributed by atoms with Crippen LogP contribution in [0, 0.1) is 19.8 Å². The number of benzene rings is 1. The van der Waals surface area contributed by atoms with Crippen LogP contribution in [0.3, 0.4) is 0 Å². The smallest absolute Gasteiger partial charge is 0.141 e. The lowest BCUT2D eigenvalue weighted by molar-refractivity contribution is 0.292. The third-order valence-corrected chi connectivity index (χ3v) is 4.64. The number of aryl methyl sites for hydroxylation is 2. The minimum absolute atomic E-state index is 0.628. The van der Waals surface area contributed by atoms with E-state index < -0.39 is 0 Å². The fourth-order valence-corrected chi connectivity index (χ4v) is 3.04. The van der Waals surface area contributed by atoms with Gasteiger partial charge in [-0.3, -0.25) is 4.90 Å². The molecule has 4 rings (SSSR count). The SMILES string of the molecule is Cc1noc(C)c1-c1ccc(OCC2CN2CC2CC2)cc1. The molecule has 1 aliphatic heterocycles. The Morgan fingerprint density at radius 3 is 2.64 bits per heavy atom. The Bertz CT molecular complexity index is 639. The summed E-state index contributed by atoms with van der Waals surface area (Å²) in [6.45, 7) is 7.20. The van der Waals surface area contributed by atoms with Gasteiger partial charge in [0.25, 0.3) is 0 Å². The summed E-state index contributed by atoms with van der Waals surface area (Å²) in [5.74, 6) is 2.77. The second kappa shape index (κ2) is 5.43. The quantitative estimate of drug-likeness (QED) is 0.766. The van der Waals surface area contributed by atoms with Gasteiger partial charge in [0.2, 0.25) is 0 Å². The molecule has 1 aromatic heterocycles. The average molecular weight is 298 g/mol. The second-order valence-corrected chi connectivity index (χ2v) is 6.59. The van der Waals surface area contributed by atoms with E-state index in [9.17, 15) is 0 Å². The molecule has 1 aliphatic carbocycles. The van der Waals surface area contributed by atoms with Gasteiger partial charge in [-0.05, 0) is 50.3 Å². The maximum Gasteiger partial charge on any atom is 0.141 e. The maximum absolute atomic E-state index is 5.91. The van der Waals surface area contributed by atoms with E-state index in [0.29, 0.717) is 6.04 Å². The summed E-state index contributed by atoms with van der Waals surface area (Å²) in [6.07, 6.45) is 2.85. The highest BCUT2D eigenvalue weighted by atomic mass is 16.5. The van der Waals surface area contributed by atoms with E-state index in [1.54, 1.807) is 0 Å². The lowest BCUT2D eigenvalue weighted by atomic mass is 10.0. The molecule has 2 unspecified atom stereocenters. The van der Waals surface area contributed by atoms with Crippen molar-refractivity contribution in [1.29, 1.82) is 0 Å². The van der Waals surface area contributed by atoms with Gasteiger partial charge < -0.3 is 9.26 Å². The summed E-state index contributed by atoms with van der Waals surface area (Å²) in [4.78, 5) is 2.52. The van der Waals surface area contributed by atoms with E-state index in [1.165, 1.54) is 25.9 Å². The molecule has 4 nitrogen and oxygen atoms in total. The Kier molecular flexibility index (Phi) is 3.41. The standard InChI is InChI=1S/C18H22N2O2/c1-12-18(13(2)22-19-12)15-5-7-17(8-6-15)21-11-16-10-20(16)9-14-3-4-14/h5-8,14,16H,3-4,9-11H2,1-2H3. The van der Waals surface area contributed by atoms with E-state index in [2.05, 4.69) is 22.2 Å². The van der Waals surface area contributed by atoms with Crippen LogP contribution < -0.4 is 4.74 Å². The first-order valence-corrected chi connectivity index (χ1v) is 8.11. The van der Waals surface area contributed by atoms with Gasteiger partial charge in [-0.2, -0.15) is 0 Å². The zero-order valence-corrected chi connectivity index (χ0v) is 13.2. The lowest BCUT2D eigenvalue weighted by Gasteiger charge is -2.07. The first-order chi connectivity index (χ1) is 10.7. The van der Waals surface area contributed by atoms with Crippen molar-refractivity contribution in [1.82, 2.24) is 10.1 Å². The molecule has 116 valence electrons. The number of rotatable bonds is 6. The lowest BCUT2D eigenvalue weighted by Crippen LogP contribution is -2.12. The first kappa shape index (κ1) is 13.8. The Hall–Kier alpha value is -1.81. The minimum Gasteiger partial charge on any atom is -0.492 e. The topological polar surface area (TPSA) is 38.3 Å². The van der Waals surface area contributed by atoms with Gasteiger partial charge in [0.05, 0.1) is 11.7 Å². The predicted octanol–water partition coefficient (Wildman–Crippen LogP) is 3.43. The van der Waals surface area contributed by atoms with Gasteiger partial charge in [-0.1, -0.05) is 17.3 Å². The maximum atomic E-state index is 5.91. The normalized spacial score (nSPS) is 23.5. The molecule has 1 aromatic carbocycles. The van der Waals surface area contributed by atoms with Crippen LogP contribution in [-0.2, 0) is 0 Å². The molecule has 0 N–H and O–H groups in total. The molecule has 2 heterocycles. The second-order valence-electron chi connectivity index (χ2n) is 6.59. The van der Waals surface area contributed by atoms with Crippen LogP contribution >= 0.6 is 0 Å². The molecule has 0 radical (unpaired) electrons. The monoisotopic (exact) mass is 298 g/mol. The molecule has 1 saturated carbocycles. The fraction of sp³-hybridized carbons (Fsp3) is 0.500. The molecule has 0 bridgehead atoms. The molecule has 0 spiro atoms. The number of hydrogen-bond acceptors (Lipinski definition) is 4. The predicted molar refractivity (Wildman–Crippen MR) is 85.0 cm³/mol. The summed E-state index contributed by atoms with van der Waals surface area (Å²) < 4.78 is 11.1. The first-order valence-electron chi connectivity index (χ1n) is 8.11. The number of aromatic nitrogens is 1. The Morgan fingerprint density at radius 1 is 1.23 bits per heavy atom. The van der Waals surface area contributed by atoms with Gasteiger partial charge in [-0.15, -0.1) is 0 Å². The number of nitrogens with zero attached hydrogens (tertiary/aromatic N) is 2. The Balaban J connectivity index is 1.34. The Labute approximate surface area is 131 Å². The van der Waals surface area contributed by atoms with Crippen LogP contribution in [0.15, 0.2) is 28.8 Å². The zero-order chi connectivity index (χ0) is 15.1. The molecule has 2 fully saturated rings. The summed E-state index contributed by atoms with van der Waals surface area (Å²) in [5, 5.41) is 4.01. The van der Waals surface area contributed by atoms with Crippen molar-refractivity contribution in [3.05, 3.63) is 35.7 Å². The minimum atomic E-state index is 0.628. The molecule has 1 saturated heterocycles. The molecule has 2 atom stereocenters. The van der Waals surface area contributed by atoms with Crippen LogP contribution in [0.2, 0.25) is 0 Å². The van der Waals surface area contributed by atoms with E-state index in [4.69, 9.17) is 9.26 Å². The molecular formula is C18H22N2O2. The highest BCUT2D eigenvalue weighted by Crippen LogP contribution is 2.34. The van der Waals surface area contributed by atoms with E-state index in [-0.39, 0.29) is 0 Å². The summed E-state index contributed by atoms with van der Waals surface area (Å²) in [6, 6.07) is 8.86. The van der Waals surface area contributed by atoms with Crippen LogP contribution in [0.25, 0.3) is 11.1 Å². The zero-order valence-electron chi connectivity index (χ0n) is 13.2. The number of hydrogen-bond donors (Lipinski definition) is 0. The van der Waals surface area contributed by atoms with Crippen molar-refractivity contribution in [2.45, 2.75) is 32.7 Å². The highest BCUT2D eigenvalue weighted by molar-refractivity contribution is 5.68. The van der Waals surface area contributed by atoms with Crippen LogP contribution in [0.5, 0.6) is 5.75 Å². The van der Waals surface area contributed by atoms with Gasteiger partial charge in [-0.25, -0.2) is 0 Å². The molecule has 4 heteroatoms. The van der Waals surface area contributed by atoms with Gasteiger partial charge in [0.15, 0.2) is 0 Å². The summed E-state index contributed by atoms with van der Waals surface area (Å²) in [7, 11) is 0. The third kappa shape index (κ3) is 2.88. The van der Waals surface area contributed by atoms with Gasteiger partial charge >= 0.3 is 0 Å². The molecule has 2 aliphatic rings. The average Bonchev–Trinajstić information content (AvgIpc) is 3.43. The molecular weight excluding hydrogens is 276 g/mol. The third-order valence-electron chi connectivity index (χ3n) is 4.64. The molecule has 22 heavy (non-hydrogen) atoms. The largest absolute Gasteiger partial charge is 0.492 e. The highest BCUT2D eigenvalue weighted by Gasteiger charge is 2.38. The number of ether oxygens (including phenoxy) is 1. The van der Waals surface area contributed by atoms with Crippen molar-refractivity contribution < 1.29 is 9.26 Å². The van der Waals surface area contributed by atoms with Crippen molar-refractivity contribution >= 4 is 0 Å². The van der Waals surface area contributed by atoms with Gasteiger partial charge in [0, 0.05) is 18.7 Å². The molecule has 0 amide bonds. The summed E-state index contributed by atoms with van der Waals surface area (Å²) in [5.41, 5.74) is 3.15.